The molecule has 3 rings (SSSR count). The second-order valence-corrected chi connectivity index (χ2v) is 7.55. The third kappa shape index (κ3) is 5.45. The van der Waals surface area contributed by atoms with Crippen LogP contribution in [0.5, 0.6) is 0 Å². The van der Waals surface area contributed by atoms with Crippen molar-refractivity contribution in [3.63, 3.8) is 0 Å². The monoisotopic (exact) mass is 357 g/mol. The van der Waals surface area contributed by atoms with Crippen LogP contribution in [0.3, 0.4) is 0 Å². The Bertz CT molecular complexity index is 578. The second kappa shape index (κ2) is 9.93. The number of likely N-dealkylation sites (tertiary alicyclic amines) is 1. The average Bonchev–Trinajstić information content (AvgIpc) is 2.68. The van der Waals surface area contributed by atoms with E-state index in [9.17, 15) is 0 Å². The number of aliphatic imine (C=N–C) groups is 1. The van der Waals surface area contributed by atoms with Crippen LogP contribution < -0.4 is 10.6 Å². The number of nitrogens with one attached hydrogen (secondary N) is 2. The predicted octanol–water partition coefficient (Wildman–Crippen LogP) is 2.08. The molecule has 2 aliphatic heterocycles. The Balaban J connectivity index is 1.36. The maximum atomic E-state index is 4.42. The molecule has 0 bridgehead atoms. The van der Waals surface area contributed by atoms with E-state index in [2.05, 4.69) is 56.6 Å². The lowest BCUT2D eigenvalue weighted by Crippen LogP contribution is -2.50. The van der Waals surface area contributed by atoms with Gasteiger partial charge in [0.25, 0.3) is 0 Å². The first-order chi connectivity index (χ1) is 12.8. The molecular weight excluding hydrogens is 322 g/mol. The van der Waals surface area contributed by atoms with Crippen LogP contribution in [0.4, 0.5) is 0 Å². The second-order valence-electron chi connectivity index (χ2n) is 7.55. The molecule has 0 aromatic heterocycles. The highest BCUT2D eigenvalue weighted by Gasteiger charge is 2.19. The number of hydrogen-bond acceptors (Lipinski definition) is 3. The molecule has 5 heteroatoms. The lowest BCUT2D eigenvalue weighted by molar-refractivity contribution is 0.206. The molecule has 0 unspecified atom stereocenters. The van der Waals surface area contributed by atoms with Crippen molar-refractivity contribution in [2.24, 2.45) is 4.99 Å². The molecule has 2 N–H and O–H groups in total. The minimum absolute atomic E-state index is 0.552. The van der Waals surface area contributed by atoms with E-state index in [1.165, 1.54) is 56.4 Å². The molecule has 0 radical (unpaired) electrons. The van der Waals surface area contributed by atoms with Gasteiger partial charge in [-0.05, 0) is 43.4 Å². The molecule has 144 valence electrons. The van der Waals surface area contributed by atoms with Gasteiger partial charge in [0, 0.05) is 52.4 Å². The van der Waals surface area contributed by atoms with Crippen molar-refractivity contribution in [1.82, 2.24) is 20.4 Å². The Morgan fingerprint density at radius 3 is 2.58 bits per heavy atom. The van der Waals surface area contributed by atoms with Crippen LogP contribution in [0.15, 0.2) is 29.3 Å². The normalized spacial score (nSPS) is 20.0. The summed E-state index contributed by atoms with van der Waals surface area (Å²) < 4.78 is 0. The van der Waals surface area contributed by atoms with Crippen molar-refractivity contribution in [3.8, 4) is 0 Å². The van der Waals surface area contributed by atoms with E-state index in [-0.39, 0.29) is 0 Å². The van der Waals surface area contributed by atoms with E-state index in [1.54, 1.807) is 0 Å². The zero-order valence-corrected chi connectivity index (χ0v) is 16.5. The number of fused-ring (bicyclic) bond motifs is 1. The van der Waals surface area contributed by atoms with Crippen LogP contribution in [0, 0.1) is 0 Å². The van der Waals surface area contributed by atoms with Gasteiger partial charge in [-0.3, -0.25) is 9.89 Å². The number of piperidine rings is 1. The molecule has 1 aromatic carbocycles. The smallest absolute Gasteiger partial charge is 0.191 e. The Labute approximate surface area is 158 Å². The molecule has 0 aliphatic carbocycles. The van der Waals surface area contributed by atoms with Gasteiger partial charge in [0.2, 0.25) is 0 Å². The topological polar surface area (TPSA) is 42.9 Å². The minimum Gasteiger partial charge on any atom is -0.355 e. The standard InChI is InChI=1S/C21H35N5/c1-3-12-25-14-9-20(10-15-25)24-21(22-2)23-11-16-26-13-8-18-6-4-5-7-19(18)17-26/h4-7,20H,3,8-17H2,1-2H3,(H2,22,23,24). The Hall–Kier alpha value is -1.59. The van der Waals surface area contributed by atoms with Crippen LogP contribution >= 0.6 is 0 Å². The van der Waals surface area contributed by atoms with E-state index in [1.807, 2.05) is 7.05 Å². The summed E-state index contributed by atoms with van der Waals surface area (Å²) in [5.41, 5.74) is 3.00. The largest absolute Gasteiger partial charge is 0.355 e. The molecule has 1 aromatic rings. The van der Waals surface area contributed by atoms with Gasteiger partial charge in [-0.15, -0.1) is 0 Å². The SMILES string of the molecule is CCCN1CCC(NC(=NC)NCCN2CCc3ccccc3C2)CC1. The van der Waals surface area contributed by atoms with Crippen LogP contribution in [-0.2, 0) is 13.0 Å². The van der Waals surface area contributed by atoms with Crippen molar-refractivity contribution in [2.75, 3.05) is 46.3 Å². The Morgan fingerprint density at radius 2 is 1.85 bits per heavy atom. The molecule has 2 aliphatic rings. The van der Waals surface area contributed by atoms with Crippen molar-refractivity contribution >= 4 is 5.96 Å². The zero-order chi connectivity index (χ0) is 18.2. The van der Waals surface area contributed by atoms with E-state index >= 15 is 0 Å². The lowest BCUT2D eigenvalue weighted by Gasteiger charge is -2.33. The van der Waals surface area contributed by atoms with Gasteiger partial charge in [0.05, 0.1) is 0 Å². The first kappa shape index (κ1) is 19.2. The van der Waals surface area contributed by atoms with Crippen molar-refractivity contribution in [2.45, 2.75) is 45.2 Å². The fourth-order valence-corrected chi connectivity index (χ4v) is 4.08. The van der Waals surface area contributed by atoms with Gasteiger partial charge in [-0.1, -0.05) is 31.2 Å². The highest BCUT2D eigenvalue weighted by Crippen LogP contribution is 2.17. The molecule has 1 saturated heterocycles. The van der Waals surface area contributed by atoms with E-state index in [0.29, 0.717) is 6.04 Å². The summed E-state index contributed by atoms with van der Waals surface area (Å²) in [6.45, 7) is 10.1. The highest BCUT2D eigenvalue weighted by atomic mass is 15.2. The fraction of sp³-hybridized carbons (Fsp3) is 0.667. The Kier molecular flexibility index (Phi) is 7.32. The van der Waals surface area contributed by atoms with E-state index in [4.69, 9.17) is 0 Å². The quantitative estimate of drug-likeness (QED) is 0.604. The summed E-state index contributed by atoms with van der Waals surface area (Å²) in [4.78, 5) is 9.52. The van der Waals surface area contributed by atoms with Crippen LogP contribution in [0.25, 0.3) is 0 Å². The summed E-state index contributed by atoms with van der Waals surface area (Å²) >= 11 is 0. The van der Waals surface area contributed by atoms with Gasteiger partial charge < -0.3 is 15.5 Å². The van der Waals surface area contributed by atoms with Crippen molar-refractivity contribution in [1.29, 1.82) is 0 Å². The van der Waals surface area contributed by atoms with Gasteiger partial charge in [-0.2, -0.15) is 0 Å². The van der Waals surface area contributed by atoms with Gasteiger partial charge in [-0.25, -0.2) is 0 Å². The maximum Gasteiger partial charge on any atom is 0.191 e. The minimum atomic E-state index is 0.552. The summed E-state index contributed by atoms with van der Waals surface area (Å²) in [6.07, 6.45) is 4.84. The van der Waals surface area contributed by atoms with Crippen molar-refractivity contribution < 1.29 is 0 Å². The molecule has 26 heavy (non-hydrogen) atoms. The summed E-state index contributed by atoms with van der Waals surface area (Å²) in [5.74, 6) is 0.955. The van der Waals surface area contributed by atoms with E-state index in [0.717, 1.165) is 32.1 Å². The van der Waals surface area contributed by atoms with Crippen molar-refractivity contribution in [3.05, 3.63) is 35.4 Å². The van der Waals surface area contributed by atoms with Crippen LogP contribution in [0.1, 0.15) is 37.3 Å². The summed E-state index contributed by atoms with van der Waals surface area (Å²) in [5, 5.41) is 7.12. The molecular formula is C21H35N5. The fourth-order valence-electron chi connectivity index (χ4n) is 4.08. The molecule has 5 nitrogen and oxygen atoms in total. The predicted molar refractivity (Wildman–Crippen MR) is 110 cm³/mol. The Morgan fingerprint density at radius 1 is 1.08 bits per heavy atom. The third-order valence-corrected chi connectivity index (χ3v) is 5.62. The number of hydrogen-bond donors (Lipinski definition) is 2. The molecule has 2 heterocycles. The molecule has 0 atom stereocenters. The number of nitrogens with zero attached hydrogens (tertiary/aromatic N) is 3. The van der Waals surface area contributed by atoms with Gasteiger partial charge in [0.1, 0.15) is 0 Å². The summed E-state index contributed by atoms with van der Waals surface area (Å²) in [7, 11) is 1.87. The van der Waals surface area contributed by atoms with Crippen LogP contribution in [-0.4, -0.2) is 68.1 Å². The van der Waals surface area contributed by atoms with Gasteiger partial charge in [0.15, 0.2) is 5.96 Å². The van der Waals surface area contributed by atoms with E-state index < -0.39 is 0 Å². The third-order valence-electron chi connectivity index (χ3n) is 5.62. The molecule has 0 saturated carbocycles. The number of rotatable bonds is 6. The zero-order valence-electron chi connectivity index (χ0n) is 16.5. The maximum absolute atomic E-state index is 4.42. The summed E-state index contributed by atoms with van der Waals surface area (Å²) in [6, 6.07) is 9.38. The first-order valence-corrected chi connectivity index (χ1v) is 10.3. The van der Waals surface area contributed by atoms with Crippen LogP contribution in [0.2, 0.25) is 0 Å². The number of guanidine groups is 1. The molecule has 0 amide bonds. The lowest BCUT2D eigenvalue weighted by atomic mass is 10.00. The molecule has 0 spiro atoms. The first-order valence-electron chi connectivity index (χ1n) is 10.3. The number of benzene rings is 1. The average molecular weight is 358 g/mol. The highest BCUT2D eigenvalue weighted by molar-refractivity contribution is 5.79. The molecule has 1 fully saturated rings. The van der Waals surface area contributed by atoms with Gasteiger partial charge >= 0.3 is 0 Å².